The minimum Gasteiger partial charge on any atom is -0.298 e. The molecule has 0 aromatic heterocycles. The third kappa shape index (κ3) is 3.67. The standard InChI is InChI=1S/C8H13ClO/c1-3-4-5-8(6-10)7(2)9/h6H,3-5H2,1-2H3/b8-7+. The highest BCUT2D eigenvalue weighted by molar-refractivity contribution is 6.30. The summed E-state index contributed by atoms with van der Waals surface area (Å²) in [6.45, 7) is 3.84. The Morgan fingerprint density at radius 1 is 1.60 bits per heavy atom. The molecule has 0 fully saturated rings. The van der Waals surface area contributed by atoms with Crippen molar-refractivity contribution in [2.45, 2.75) is 33.1 Å². The first-order chi connectivity index (χ1) is 4.72. The van der Waals surface area contributed by atoms with Crippen LogP contribution < -0.4 is 0 Å². The molecule has 0 rings (SSSR count). The zero-order valence-electron chi connectivity index (χ0n) is 6.48. The molecule has 0 N–H and O–H groups in total. The molecule has 0 radical (unpaired) electrons. The maximum absolute atomic E-state index is 10.3. The fourth-order valence-electron chi connectivity index (χ4n) is 0.680. The zero-order chi connectivity index (χ0) is 7.98. The van der Waals surface area contributed by atoms with E-state index in [1.165, 1.54) is 0 Å². The van der Waals surface area contributed by atoms with Crippen LogP contribution in [0.1, 0.15) is 33.1 Å². The van der Waals surface area contributed by atoms with Crippen molar-refractivity contribution in [1.29, 1.82) is 0 Å². The molecule has 0 atom stereocenters. The third-order valence-electron chi connectivity index (χ3n) is 1.38. The van der Waals surface area contributed by atoms with Gasteiger partial charge in [0.1, 0.15) is 6.29 Å². The van der Waals surface area contributed by atoms with Crippen LogP contribution in [0.3, 0.4) is 0 Å². The van der Waals surface area contributed by atoms with Crippen LogP contribution >= 0.6 is 11.6 Å². The Bertz CT molecular complexity index is 134. The number of allylic oxidation sites excluding steroid dienone is 2. The van der Waals surface area contributed by atoms with Gasteiger partial charge in [-0.05, 0) is 19.8 Å². The summed E-state index contributed by atoms with van der Waals surface area (Å²) in [5.74, 6) is 0. The fourth-order valence-corrected chi connectivity index (χ4v) is 0.819. The summed E-state index contributed by atoms with van der Waals surface area (Å²) < 4.78 is 0. The van der Waals surface area contributed by atoms with Gasteiger partial charge in [0.05, 0.1) is 0 Å². The van der Waals surface area contributed by atoms with E-state index >= 15 is 0 Å². The van der Waals surface area contributed by atoms with E-state index in [0.717, 1.165) is 31.1 Å². The Hall–Kier alpha value is -0.300. The average molecular weight is 161 g/mol. The average Bonchev–Trinajstić information content (AvgIpc) is 1.89. The summed E-state index contributed by atoms with van der Waals surface area (Å²) >= 11 is 5.63. The van der Waals surface area contributed by atoms with Crippen LogP contribution in [0.4, 0.5) is 0 Å². The minimum absolute atomic E-state index is 0.628. The van der Waals surface area contributed by atoms with Gasteiger partial charge in [-0.1, -0.05) is 24.9 Å². The fraction of sp³-hybridized carbons (Fsp3) is 0.625. The van der Waals surface area contributed by atoms with Crippen molar-refractivity contribution in [2.75, 3.05) is 0 Å². The molecule has 0 saturated heterocycles. The van der Waals surface area contributed by atoms with Crippen LogP contribution in [-0.2, 0) is 4.79 Å². The number of aldehydes is 1. The topological polar surface area (TPSA) is 17.1 Å². The van der Waals surface area contributed by atoms with Gasteiger partial charge in [-0.15, -0.1) is 0 Å². The van der Waals surface area contributed by atoms with Gasteiger partial charge in [-0.3, -0.25) is 4.79 Å². The van der Waals surface area contributed by atoms with E-state index in [0.29, 0.717) is 5.03 Å². The van der Waals surface area contributed by atoms with Gasteiger partial charge in [0.25, 0.3) is 0 Å². The summed E-state index contributed by atoms with van der Waals surface area (Å²) in [5, 5.41) is 0.628. The molecule has 0 aromatic carbocycles. The SMILES string of the molecule is CCCC/C(C=O)=C(/C)Cl. The molecule has 0 aliphatic heterocycles. The number of carbonyl (C=O) groups excluding carboxylic acids is 1. The lowest BCUT2D eigenvalue weighted by molar-refractivity contribution is -0.105. The van der Waals surface area contributed by atoms with Crippen molar-refractivity contribution < 1.29 is 4.79 Å². The lowest BCUT2D eigenvalue weighted by Crippen LogP contribution is -1.86. The van der Waals surface area contributed by atoms with Crippen molar-refractivity contribution in [2.24, 2.45) is 0 Å². The lowest BCUT2D eigenvalue weighted by atomic mass is 10.1. The molecule has 0 saturated carbocycles. The van der Waals surface area contributed by atoms with Gasteiger partial charge >= 0.3 is 0 Å². The summed E-state index contributed by atoms with van der Waals surface area (Å²) in [7, 11) is 0. The van der Waals surface area contributed by atoms with Crippen LogP contribution in [0, 0.1) is 0 Å². The van der Waals surface area contributed by atoms with Gasteiger partial charge in [0, 0.05) is 10.6 Å². The third-order valence-corrected chi connectivity index (χ3v) is 1.63. The van der Waals surface area contributed by atoms with Crippen molar-refractivity contribution in [3.8, 4) is 0 Å². The second-order valence-electron chi connectivity index (χ2n) is 2.28. The molecule has 0 unspecified atom stereocenters. The summed E-state index contributed by atoms with van der Waals surface area (Å²) in [4.78, 5) is 10.3. The summed E-state index contributed by atoms with van der Waals surface area (Å²) in [6.07, 6.45) is 3.80. The number of unbranched alkanes of at least 4 members (excludes halogenated alkanes) is 1. The monoisotopic (exact) mass is 160 g/mol. The maximum Gasteiger partial charge on any atom is 0.147 e. The maximum atomic E-state index is 10.3. The summed E-state index contributed by atoms with van der Waals surface area (Å²) in [6, 6.07) is 0. The number of hydrogen-bond donors (Lipinski definition) is 0. The number of hydrogen-bond acceptors (Lipinski definition) is 1. The second-order valence-corrected chi connectivity index (χ2v) is 2.85. The largest absolute Gasteiger partial charge is 0.298 e. The molecular weight excluding hydrogens is 148 g/mol. The molecule has 0 aromatic rings. The van der Waals surface area contributed by atoms with Crippen molar-refractivity contribution >= 4 is 17.9 Å². The van der Waals surface area contributed by atoms with E-state index in [9.17, 15) is 4.79 Å². The molecular formula is C8H13ClO. The Labute approximate surface area is 67.1 Å². The smallest absolute Gasteiger partial charge is 0.147 e. The number of carbonyl (C=O) groups is 1. The molecule has 58 valence electrons. The van der Waals surface area contributed by atoms with Gasteiger partial charge in [0.15, 0.2) is 0 Å². The van der Waals surface area contributed by atoms with Gasteiger partial charge in [-0.25, -0.2) is 0 Å². The highest BCUT2D eigenvalue weighted by Crippen LogP contribution is 2.12. The second kappa shape index (κ2) is 5.48. The molecule has 0 amide bonds. The van der Waals surface area contributed by atoms with Crippen LogP contribution in [0.25, 0.3) is 0 Å². The van der Waals surface area contributed by atoms with Gasteiger partial charge < -0.3 is 0 Å². The number of halogens is 1. The van der Waals surface area contributed by atoms with Crippen molar-refractivity contribution in [3.63, 3.8) is 0 Å². The van der Waals surface area contributed by atoms with Gasteiger partial charge in [0.2, 0.25) is 0 Å². The predicted octanol–water partition coefficient (Wildman–Crippen LogP) is 2.89. The molecule has 1 nitrogen and oxygen atoms in total. The Balaban J connectivity index is 3.85. The lowest BCUT2D eigenvalue weighted by Gasteiger charge is -1.97. The van der Waals surface area contributed by atoms with E-state index in [1.807, 2.05) is 0 Å². The molecule has 10 heavy (non-hydrogen) atoms. The van der Waals surface area contributed by atoms with E-state index in [-0.39, 0.29) is 0 Å². The zero-order valence-corrected chi connectivity index (χ0v) is 7.24. The molecule has 0 aliphatic carbocycles. The Morgan fingerprint density at radius 3 is 2.50 bits per heavy atom. The van der Waals surface area contributed by atoms with E-state index in [4.69, 9.17) is 11.6 Å². The Kier molecular flexibility index (Phi) is 5.32. The Morgan fingerprint density at radius 2 is 2.20 bits per heavy atom. The minimum atomic E-state index is 0.628. The van der Waals surface area contributed by atoms with Crippen LogP contribution in [0.2, 0.25) is 0 Å². The molecule has 0 aliphatic rings. The van der Waals surface area contributed by atoms with E-state index < -0.39 is 0 Å². The quantitative estimate of drug-likeness (QED) is 0.457. The molecule has 0 heterocycles. The first kappa shape index (κ1) is 9.70. The van der Waals surface area contributed by atoms with Gasteiger partial charge in [-0.2, -0.15) is 0 Å². The molecule has 0 spiro atoms. The summed E-state index contributed by atoms with van der Waals surface area (Å²) in [5.41, 5.74) is 0.739. The van der Waals surface area contributed by atoms with E-state index in [2.05, 4.69) is 6.92 Å². The highest BCUT2D eigenvalue weighted by Gasteiger charge is 1.97. The van der Waals surface area contributed by atoms with Crippen molar-refractivity contribution in [1.82, 2.24) is 0 Å². The van der Waals surface area contributed by atoms with Crippen molar-refractivity contribution in [3.05, 3.63) is 10.6 Å². The first-order valence-corrected chi connectivity index (χ1v) is 3.90. The number of rotatable bonds is 4. The normalized spacial score (nSPS) is 12.7. The van der Waals surface area contributed by atoms with Crippen LogP contribution in [-0.4, -0.2) is 6.29 Å². The van der Waals surface area contributed by atoms with Crippen LogP contribution in [0.15, 0.2) is 10.6 Å². The predicted molar refractivity (Wildman–Crippen MR) is 44.1 cm³/mol. The molecule has 0 bridgehead atoms. The molecule has 2 heteroatoms. The van der Waals surface area contributed by atoms with E-state index in [1.54, 1.807) is 6.92 Å². The van der Waals surface area contributed by atoms with Crippen LogP contribution in [0.5, 0.6) is 0 Å². The highest BCUT2D eigenvalue weighted by atomic mass is 35.5. The first-order valence-electron chi connectivity index (χ1n) is 3.52.